The Bertz CT molecular complexity index is 608. The van der Waals surface area contributed by atoms with E-state index >= 15 is 0 Å². The van der Waals surface area contributed by atoms with E-state index in [0.29, 0.717) is 21.8 Å². The van der Waals surface area contributed by atoms with Crippen LogP contribution in [0.25, 0.3) is 0 Å². The van der Waals surface area contributed by atoms with Gasteiger partial charge in [0, 0.05) is 0 Å². The van der Waals surface area contributed by atoms with E-state index in [4.69, 9.17) is 5.73 Å². The lowest BCUT2D eigenvalue weighted by Crippen LogP contribution is -2.12. The van der Waals surface area contributed by atoms with Crippen molar-refractivity contribution in [2.75, 3.05) is 18.2 Å². The van der Waals surface area contributed by atoms with Crippen LogP contribution in [0, 0.1) is 0 Å². The van der Waals surface area contributed by atoms with Crippen molar-refractivity contribution in [3.8, 4) is 0 Å². The fraction of sp³-hybridized carbons (Fsp3) is 0.0769. The molecule has 1 amide bonds. The number of methoxy groups -OCH3 is 1. The Morgan fingerprint density at radius 2 is 2.11 bits per heavy atom. The number of rotatable bonds is 3. The molecule has 1 aromatic carbocycles. The van der Waals surface area contributed by atoms with Gasteiger partial charge in [-0.1, -0.05) is 6.07 Å². The summed E-state index contributed by atoms with van der Waals surface area (Å²) in [4.78, 5) is 23.8. The molecule has 3 N–H and O–H groups in total. The van der Waals surface area contributed by atoms with Crippen LogP contribution >= 0.6 is 11.3 Å². The van der Waals surface area contributed by atoms with Gasteiger partial charge < -0.3 is 15.8 Å². The van der Waals surface area contributed by atoms with Crippen LogP contribution in [0.5, 0.6) is 0 Å². The molecular weight excluding hydrogens is 264 g/mol. The maximum absolute atomic E-state index is 11.9. The van der Waals surface area contributed by atoms with Gasteiger partial charge in [0.1, 0.15) is 0 Å². The minimum atomic E-state index is -0.470. The van der Waals surface area contributed by atoms with E-state index in [-0.39, 0.29) is 5.91 Å². The predicted octanol–water partition coefficient (Wildman–Crippen LogP) is 2.37. The van der Waals surface area contributed by atoms with E-state index in [1.54, 1.807) is 24.3 Å². The minimum absolute atomic E-state index is 0.229. The van der Waals surface area contributed by atoms with Gasteiger partial charge in [0.15, 0.2) is 0 Å². The summed E-state index contributed by atoms with van der Waals surface area (Å²) in [7, 11) is 1.30. The zero-order valence-corrected chi connectivity index (χ0v) is 11.0. The van der Waals surface area contributed by atoms with Gasteiger partial charge >= 0.3 is 5.97 Å². The second-order valence-electron chi connectivity index (χ2n) is 3.73. The molecule has 0 saturated carbocycles. The van der Waals surface area contributed by atoms with Crippen LogP contribution in [0.1, 0.15) is 20.0 Å². The highest BCUT2D eigenvalue weighted by Gasteiger charge is 2.11. The van der Waals surface area contributed by atoms with Crippen molar-refractivity contribution < 1.29 is 14.3 Å². The lowest BCUT2D eigenvalue weighted by molar-refractivity contribution is 0.0600. The number of esters is 1. The molecule has 0 radical (unpaired) electrons. The fourth-order valence-electron chi connectivity index (χ4n) is 1.51. The van der Waals surface area contributed by atoms with Crippen LogP contribution in [0.3, 0.4) is 0 Å². The van der Waals surface area contributed by atoms with Crippen LogP contribution in [-0.2, 0) is 4.74 Å². The van der Waals surface area contributed by atoms with Gasteiger partial charge in [0.05, 0.1) is 28.9 Å². The highest BCUT2D eigenvalue weighted by molar-refractivity contribution is 7.12. The largest absolute Gasteiger partial charge is 0.465 e. The normalized spacial score (nSPS) is 9.95. The summed E-state index contributed by atoms with van der Waals surface area (Å²) in [5, 5.41) is 4.51. The zero-order chi connectivity index (χ0) is 13.8. The number of benzene rings is 1. The van der Waals surface area contributed by atoms with E-state index in [1.807, 2.05) is 5.38 Å². The molecule has 0 aliphatic heterocycles. The number of hydrogen-bond acceptors (Lipinski definition) is 5. The summed E-state index contributed by atoms with van der Waals surface area (Å²) in [6.07, 6.45) is 0. The molecule has 0 aliphatic rings. The van der Waals surface area contributed by atoms with Gasteiger partial charge in [-0.2, -0.15) is 0 Å². The van der Waals surface area contributed by atoms with E-state index in [0.717, 1.165) is 0 Å². The molecule has 2 aromatic rings. The first-order valence-electron chi connectivity index (χ1n) is 5.44. The van der Waals surface area contributed by atoms with Gasteiger partial charge in [-0.05, 0) is 29.6 Å². The number of nitrogens with two attached hydrogens (primary N) is 1. The van der Waals surface area contributed by atoms with Crippen molar-refractivity contribution in [1.82, 2.24) is 0 Å². The quantitative estimate of drug-likeness (QED) is 0.666. The molecule has 0 unspecified atom stereocenters. The van der Waals surface area contributed by atoms with Gasteiger partial charge in [-0.3, -0.25) is 4.79 Å². The summed E-state index contributed by atoms with van der Waals surface area (Å²) >= 11 is 1.34. The number of anilines is 2. The molecule has 0 saturated heterocycles. The molecule has 0 fully saturated rings. The maximum atomic E-state index is 11.9. The van der Waals surface area contributed by atoms with E-state index < -0.39 is 5.97 Å². The molecule has 6 heteroatoms. The summed E-state index contributed by atoms with van der Waals surface area (Å²) in [5.41, 5.74) is 6.91. The lowest BCUT2D eigenvalue weighted by Gasteiger charge is -2.08. The van der Waals surface area contributed by atoms with Gasteiger partial charge in [0.25, 0.3) is 5.91 Å². The SMILES string of the molecule is COC(=O)c1ccc(NC(=O)c2cccs2)c(N)c1. The summed E-state index contributed by atoms with van der Waals surface area (Å²) in [5.74, 6) is -0.699. The number of ether oxygens (including phenoxy) is 1. The predicted molar refractivity (Wildman–Crippen MR) is 74.5 cm³/mol. The molecule has 1 heterocycles. The Labute approximate surface area is 114 Å². The number of thiophene rings is 1. The molecule has 0 aliphatic carbocycles. The van der Waals surface area contributed by atoms with Crippen molar-refractivity contribution in [2.45, 2.75) is 0 Å². The first kappa shape index (κ1) is 13.1. The fourth-order valence-corrected chi connectivity index (χ4v) is 2.13. The monoisotopic (exact) mass is 276 g/mol. The Kier molecular flexibility index (Phi) is 3.82. The van der Waals surface area contributed by atoms with E-state index in [2.05, 4.69) is 10.1 Å². The number of amides is 1. The van der Waals surface area contributed by atoms with Crippen molar-refractivity contribution in [2.24, 2.45) is 0 Å². The van der Waals surface area contributed by atoms with Crippen LogP contribution in [0.4, 0.5) is 11.4 Å². The standard InChI is InChI=1S/C13H12N2O3S/c1-18-13(17)8-4-5-10(9(14)7-8)15-12(16)11-3-2-6-19-11/h2-7H,14H2,1H3,(H,15,16). The number of hydrogen-bond donors (Lipinski definition) is 2. The van der Waals surface area contributed by atoms with Crippen molar-refractivity contribution in [3.63, 3.8) is 0 Å². The van der Waals surface area contributed by atoms with E-state index in [1.165, 1.54) is 24.5 Å². The summed E-state index contributed by atoms with van der Waals surface area (Å²) < 4.78 is 4.59. The second kappa shape index (κ2) is 5.53. The molecule has 2 rings (SSSR count). The number of carbonyl (C=O) groups excluding carboxylic acids is 2. The first-order chi connectivity index (χ1) is 9.11. The Hall–Kier alpha value is -2.34. The average molecular weight is 276 g/mol. The Balaban J connectivity index is 2.18. The third-order valence-electron chi connectivity index (χ3n) is 2.47. The molecule has 1 aromatic heterocycles. The third-order valence-corrected chi connectivity index (χ3v) is 3.33. The minimum Gasteiger partial charge on any atom is -0.465 e. The Morgan fingerprint density at radius 3 is 2.68 bits per heavy atom. The van der Waals surface area contributed by atoms with E-state index in [9.17, 15) is 9.59 Å². The lowest BCUT2D eigenvalue weighted by atomic mass is 10.1. The number of nitrogens with one attached hydrogen (secondary N) is 1. The molecule has 19 heavy (non-hydrogen) atoms. The molecule has 0 atom stereocenters. The number of nitrogen functional groups attached to an aromatic ring is 1. The van der Waals surface area contributed by atoms with Crippen molar-refractivity contribution >= 4 is 34.6 Å². The average Bonchev–Trinajstić information content (AvgIpc) is 2.94. The zero-order valence-electron chi connectivity index (χ0n) is 10.2. The van der Waals surface area contributed by atoms with Crippen molar-refractivity contribution in [1.29, 1.82) is 0 Å². The van der Waals surface area contributed by atoms with Crippen molar-refractivity contribution in [3.05, 3.63) is 46.2 Å². The second-order valence-corrected chi connectivity index (χ2v) is 4.67. The summed E-state index contributed by atoms with van der Waals surface area (Å²) in [6, 6.07) is 8.11. The van der Waals surface area contributed by atoms with Gasteiger partial charge in [0.2, 0.25) is 0 Å². The molecule has 98 valence electrons. The number of carbonyl (C=O) groups is 2. The molecule has 5 nitrogen and oxygen atoms in total. The first-order valence-corrected chi connectivity index (χ1v) is 6.32. The topological polar surface area (TPSA) is 81.4 Å². The molecular formula is C13H12N2O3S. The van der Waals surface area contributed by atoms with Crippen LogP contribution in [0.2, 0.25) is 0 Å². The highest BCUT2D eigenvalue weighted by Crippen LogP contribution is 2.22. The highest BCUT2D eigenvalue weighted by atomic mass is 32.1. The van der Waals surface area contributed by atoms with Crippen LogP contribution in [0.15, 0.2) is 35.7 Å². The van der Waals surface area contributed by atoms with Crippen LogP contribution in [-0.4, -0.2) is 19.0 Å². The maximum Gasteiger partial charge on any atom is 0.337 e. The summed E-state index contributed by atoms with van der Waals surface area (Å²) in [6.45, 7) is 0. The molecule has 0 spiro atoms. The van der Waals surface area contributed by atoms with Gasteiger partial charge in [-0.15, -0.1) is 11.3 Å². The third kappa shape index (κ3) is 2.92. The molecule has 0 bridgehead atoms. The van der Waals surface area contributed by atoms with Crippen LogP contribution < -0.4 is 11.1 Å². The Morgan fingerprint density at radius 1 is 1.32 bits per heavy atom. The van der Waals surface area contributed by atoms with Gasteiger partial charge in [-0.25, -0.2) is 4.79 Å². The smallest absolute Gasteiger partial charge is 0.337 e.